The van der Waals surface area contributed by atoms with Gasteiger partial charge in [0.2, 0.25) is 0 Å². The highest BCUT2D eigenvalue weighted by Gasteiger charge is 2.25. The minimum Gasteiger partial charge on any atom is -0.375 e. The maximum atomic E-state index is 12.7. The van der Waals surface area contributed by atoms with Crippen LogP contribution in [0.2, 0.25) is 0 Å². The number of anilines is 1. The lowest BCUT2D eigenvalue weighted by atomic mass is 9.97. The Morgan fingerprint density at radius 2 is 2.25 bits per heavy atom. The molecule has 2 aromatic rings. The molecule has 7 heteroatoms. The zero-order valence-electron chi connectivity index (χ0n) is 14.5. The average molecular weight is 347 g/mol. The molecule has 2 aromatic heterocycles. The van der Waals surface area contributed by atoms with Gasteiger partial charge in [0.05, 0.1) is 23.5 Å². The largest absolute Gasteiger partial charge is 0.375 e. The fourth-order valence-electron chi connectivity index (χ4n) is 3.43. The van der Waals surface area contributed by atoms with E-state index < -0.39 is 0 Å². The standard InChI is InChI=1S/C17H25N5OS/c1-4-12(5-2)22-10(3)13(9-19-22)16(23)20-11-6-7-14-15(8-11)24-17(18)21-14/h9,11-12H,4-8H2,1-3H3,(H2,18,21)(H,20,23)/t11-/m0/s1. The molecule has 0 bridgehead atoms. The topological polar surface area (TPSA) is 85.8 Å². The van der Waals surface area contributed by atoms with Gasteiger partial charge in [0, 0.05) is 23.0 Å². The van der Waals surface area contributed by atoms with Gasteiger partial charge in [0.1, 0.15) is 0 Å². The summed E-state index contributed by atoms with van der Waals surface area (Å²) >= 11 is 1.53. The molecular formula is C17H25N5OS. The van der Waals surface area contributed by atoms with Gasteiger partial charge in [0.15, 0.2) is 5.13 Å². The Labute approximate surface area is 146 Å². The van der Waals surface area contributed by atoms with E-state index >= 15 is 0 Å². The van der Waals surface area contributed by atoms with Gasteiger partial charge >= 0.3 is 0 Å². The van der Waals surface area contributed by atoms with Gasteiger partial charge in [-0.1, -0.05) is 13.8 Å². The molecule has 0 spiro atoms. The van der Waals surface area contributed by atoms with Crippen LogP contribution in [-0.2, 0) is 12.8 Å². The summed E-state index contributed by atoms with van der Waals surface area (Å²) in [6, 6.07) is 0.490. The van der Waals surface area contributed by atoms with E-state index in [4.69, 9.17) is 5.73 Å². The third kappa shape index (κ3) is 3.17. The predicted molar refractivity (Wildman–Crippen MR) is 96.4 cm³/mol. The molecule has 1 aliphatic rings. The Balaban J connectivity index is 1.70. The summed E-state index contributed by atoms with van der Waals surface area (Å²) in [6.45, 7) is 6.27. The van der Waals surface area contributed by atoms with Crippen LogP contribution in [0.3, 0.4) is 0 Å². The van der Waals surface area contributed by atoms with Crippen LogP contribution in [0.4, 0.5) is 5.13 Å². The van der Waals surface area contributed by atoms with Crippen molar-refractivity contribution in [2.75, 3.05) is 5.73 Å². The normalized spacial score (nSPS) is 17.1. The molecule has 6 nitrogen and oxygen atoms in total. The fraction of sp³-hybridized carbons (Fsp3) is 0.588. The molecule has 0 aromatic carbocycles. The third-order valence-corrected chi connectivity index (χ3v) is 5.82. The average Bonchev–Trinajstić information content (AvgIpc) is 3.11. The van der Waals surface area contributed by atoms with E-state index in [-0.39, 0.29) is 11.9 Å². The molecule has 1 aliphatic carbocycles. The number of thiazole rings is 1. The summed E-state index contributed by atoms with van der Waals surface area (Å²) in [7, 11) is 0. The second-order valence-electron chi connectivity index (χ2n) is 6.39. The lowest BCUT2D eigenvalue weighted by Crippen LogP contribution is -2.38. The second-order valence-corrected chi connectivity index (χ2v) is 7.51. The van der Waals surface area contributed by atoms with Crippen molar-refractivity contribution in [3.8, 4) is 0 Å². The van der Waals surface area contributed by atoms with Crippen LogP contribution in [0.25, 0.3) is 0 Å². The molecule has 0 fully saturated rings. The van der Waals surface area contributed by atoms with Crippen LogP contribution in [0, 0.1) is 6.92 Å². The molecule has 3 N–H and O–H groups in total. The van der Waals surface area contributed by atoms with E-state index in [1.54, 1.807) is 6.20 Å². The maximum Gasteiger partial charge on any atom is 0.254 e. The number of nitrogens with zero attached hydrogens (tertiary/aromatic N) is 3. The molecule has 3 rings (SSSR count). The number of nitrogen functional groups attached to an aromatic ring is 1. The van der Waals surface area contributed by atoms with Crippen molar-refractivity contribution in [1.29, 1.82) is 0 Å². The predicted octanol–water partition coefficient (Wildman–Crippen LogP) is 2.88. The number of carbonyl (C=O) groups excluding carboxylic acids is 1. The van der Waals surface area contributed by atoms with Crippen LogP contribution in [0.15, 0.2) is 6.20 Å². The quantitative estimate of drug-likeness (QED) is 0.871. The summed E-state index contributed by atoms with van der Waals surface area (Å²) in [5, 5.41) is 8.22. The maximum absolute atomic E-state index is 12.7. The Bertz CT molecular complexity index is 731. The van der Waals surface area contributed by atoms with Crippen molar-refractivity contribution in [3.05, 3.63) is 28.0 Å². The van der Waals surface area contributed by atoms with Crippen LogP contribution < -0.4 is 11.1 Å². The van der Waals surface area contributed by atoms with E-state index in [1.807, 2.05) is 11.6 Å². The summed E-state index contributed by atoms with van der Waals surface area (Å²) in [6.07, 6.45) is 6.32. The minimum atomic E-state index is -0.0318. The van der Waals surface area contributed by atoms with Crippen molar-refractivity contribution in [2.45, 2.75) is 65.0 Å². The van der Waals surface area contributed by atoms with Crippen molar-refractivity contribution >= 4 is 22.4 Å². The van der Waals surface area contributed by atoms with Crippen LogP contribution in [0.5, 0.6) is 0 Å². The smallest absolute Gasteiger partial charge is 0.254 e. The van der Waals surface area contributed by atoms with Gasteiger partial charge in [0.25, 0.3) is 5.91 Å². The Morgan fingerprint density at radius 1 is 1.50 bits per heavy atom. The highest BCUT2D eigenvalue weighted by molar-refractivity contribution is 7.15. The lowest BCUT2D eigenvalue weighted by Gasteiger charge is -2.22. The van der Waals surface area contributed by atoms with E-state index in [0.717, 1.165) is 43.5 Å². The monoisotopic (exact) mass is 347 g/mol. The van der Waals surface area contributed by atoms with Crippen molar-refractivity contribution in [2.24, 2.45) is 0 Å². The first kappa shape index (κ1) is 17.0. The first-order valence-corrected chi connectivity index (χ1v) is 9.44. The number of amides is 1. The number of aromatic nitrogens is 3. The molecule has 0 saturated carbocycles. The lowest BCUT2D eigenvalue weighted by molar-refractivity contribution is 0.0933. The number of rotatable bonds is 5. The highest BCUT2D eigenvalue weighted by Crippen LogP contribution is 2.28. The SMILES string of the molecule is CCC(CC)n1ncc(C(=O)N[C@H]2CCc3nc(N)sc3C2)c1C. The molecule has 130 valence electrons. The number of nitrogens with one attached hydrogen (secondary N) is 1. The van der Waals surface area contributed by atoms with Crippen LogP contribution in [0.1, 0.15) is 65.8 Å². The molecule has 0 radical (unpaired) electrons. The molecule has 1 atom stereocenters. The van der Waals surface area contributed by atoms with Gasteiger partial charge in [-0.3, -0.25) is 9.48 Å². The Kier molecular flexibility index (Phi) is 4.89. The summed E-state index contributed by atoms with van der Waals surface area (Å²) < 4.78 is 1.98. The van der Waals surface area contributed by atoms with Crippen molar-refractivity contribution < 1.29 is 4.79 Å². The minimum absolute atomic E-state index is 0.0318. The van der Waals surface area contributed by atoms with Crippen LogP contribution in [-0.4, -0.2) is 26.7 Å². The second kappa shape index (κ2) is 6.93. The zero-order chi connectivity index (χ0) is 17.3. The summed E-state index contributed by atoms with van der Waals surface area (Å²) in [4.78, 5) is 18.2. The first-order chi connectivity index (χ1) is 11.5. The van der Waals surface area contributed by atoms with Crippen LogP contribution >= 0.6 is 11.3 Å². The summed E-state index contributed by atoms with van der Waals surface area (Å²) in [5.74, 6) is -0.0318. The van der Waals surface area contributed by atoms with E-state index in [1.165, 1.54) is 16.2 Å². The van der Waals surface area contributed by atoms with Gasteiger partial charge in [-0.25, -0.2) is 4.98 Å². The molecule has 0 aliphatic heterocycles. The highest BCUT2D eigenvalue weighted by atomic mass is 32.1. The van der Waals surface area contributed by atoms with E-state index in [9.17, 15) is 4.79 Å². The summed E-state index contributed by atoms with van der Waals surface area (Å²) in [5.41, 5.74) is 8.50. The van der Waals surface area contributed by atoms with Gasteiger partial charge in [-0.05, 0) is 32.6 Å². The Hall–Kier alpha value is -1.89. The number of fused-ring (bicyclic) bond motifs is 1. The van der Waals surface area contributed by atoms with Crippen molar-refractivity contribution in [3.63, 3.8) is 0 Å². The molecule has 0 saturated heterocycles. The number of hydrogen-bond donors (Lipinski definition) is 2. The fourth-order valence-corrected chi connectivity index (χ4v) is 4.39. The number of carbonyl (C=O) groups is 1. The first-order valence-electron chi connectivity index (χ1n) is 8.62. The van der Waals surface area contributed by atoms with Crippen molar-refractivity contribution in [1.82, 2.24) is 20.1 Å². The van der Waals surface area contributed by atoms with Gasteiger partial charge in [-0.2, -0.15) is 5.10 Å². The number of aryl methyl sites for hydroxylation is 1. The van der Waals surface area contributed by atoms with E-state index in [2.05, 4.69) is 29.2 Å². The Morgan fingerprint density at radius 3 is 2.96 bits per heavy atom. The zero-order valence-corrected chi connectivity index (χ0v) is 15.3. The number of nitrogens with two attached hydrogens (primary N) is 1. The van der Waals surface area contributed by atoms with E-state index in [0.29, 0.717) is 16.7 Å². The van der Waals surface area contributed by atoms with Gasteiger partial charge in [-0.15, -0.1) is 11.3 Å². The molecule has 2 heterocycles. The number of hydrogen-bond acceptors (Lipinski definition) is 5. The third-order valence-electron chi connectivity index (χ3n) is 4.87. The molecule has 1 amide bonds. The molecule has 24 heavy (non-hydrogen) atoms. The van der Waals surface area contributed by atoms with Gasteiger partial charge < -0.3 is 11.1 Å². The molecule has 0 unspecified atom stereocenters. The molecular weight excluding hydrogens is 322 g/mol.